The minimum Gasteiger partial charge on any atom is -0.489 e. The molecule has 1 fully saturated rings. The molecule has 2 aromatic rings. The van der Waals surface area contributed by atoms with Crippen molar-refractivity contribution in [3.63, 3.8) is 0 Å². The molecule has 0 saturated carbocycles. The smallest absolute Gasteiger partial charge is 0.321 e. The number of halogens is 1. The van der Waals surface area contributed by atoms with Crippen LogP contribution in [0, 0.1) is 0 Å². The second-order valence-electron chi connectivity index (χ2n) is 5.26. The molecule has 4 nitrogen and oxygen atoms in total. The Bertz CT molecular complexity index is 692. The third-order valence-electron chi connectivity index (χ3n) is 3.56. The number of ether oxygens (including phenoxy) is 1. The van der Waals surface area contributed by atoms with Gasteiger partial charge in [-0.25, -0.2) is 0 Å². The largest absolute Gasteiger partial charge is 0.489 e. The number of carboxylic acids is 1. The minimum atomic E-state index is -0.810. The summed E-state index contributed by atoms with van der Waals surface area (Å²) < 4.78 is 5.81. The van der Waals surface area contributed by atoms with Gasteiger partial charge >= 0.3 is 5.97 Å². The van der Waals surface area contributed by atoms with E-state index in [9.17, 15) is 4.79 Å². The minimum absolute atomic E-state index is 0.0184. The summed E-state index contributed by atoms with van der Waals surface area (Å²) in [7, 11) is 0. The van der Waals surface area contributed by atoms with E-state index in [2.05, 4.69) is 5.32 Å². The molecular formula is C17H16ClNO3S. The fourth-order valence-corrected chi connectivity index (χ4v) is 3.67. The molecule has 0 aliphatic carbocycles. The van der Waals surface area contributed by atoms with E-state index in [1.54, 1.807) is 11.8 Å². The van der Waals surface area contributed by atoms with Crippen LogP contribution in [0.1, 0.15) is 16.5 Å². The van der Waals surface area contributed by atoms with Gasteiger partial charge in [0.25, 0.3) is 0 Å². The molecule has 120 valence electrons. The first-order valence-electron chi connectivity index (χ1n) is 7.19. The maximum Gasteiger partial charge on any atom is 0.321 e. The predicted molar refractivity (Wildman–Crippen MR) is 92.0 cm³/mol. The molecule has 1 heterocycles. The lowest BCUT2D eigenvalue weighted by atomic mass is 10.2. The van der Waals surface area contributed by atoms with Crippen molar-refractivity contribution in [3.8, 4) is 5.75 Å². The third-order valence-corrected chi connectivity index (χ3v) is 5.08. The molecule has 0 aromatic heterocycles. The summed E-state index contributed by atoms with van der Waals surface area (Å²) in [4.78, 5) is 11.0. The van der Waals surface area contributed by atoms with Crippen LogP contribution in [0.5, 0.6) is 5.75 Å². The normalized spacial score (nSPS) is 20.4. The predicted octanol–water partition coefficient (Wildman–Crippen LogP) is 3.71. The fraction of sp³-hybridized carbons (Fsp3) is 0.235. The second-order valence-corrected chi connectivity index (χ2v) is 6.83. The summed E-state index contributed by atoms with van der Waals surface area (Å²) in [5, 5.41) is 12.8. The number of hydrogen-bond donors (Lipinski definition) is 2. The van der Waals surface area contributed by atoms with E-state index in [1.165, 1.54) is 0 Å². The molecular weight excluding hydrogens is 334 g/mol. The van der Waals surface area contributed by atoms with Gasteiger partial charge in [0, 0.05) is 10.8 Å². The van der Waals surface area contributed by atoms with Crippen LogP contribution in [0.25, 0.3) is 0 Å². The maximum absolute atomic E-state index is 11.0. The van der Waals surface area contributed by atoms with Gasteiger partial charge in [-0.2, -0.15) is 0 Å². The summed E-state index contributed by atoms with van der Waals surface area (Å²) in [6.45, 7) is 0.462. The van der Waals surface area contributed by atoms with Crippen molar-refractivity contribution in [2.75, 3.05) is 5.75 Å². The molecule has 0 unspecified atom stereocenters. The highest BCUT2D eigenvalue weighted by Crippen LogP contribution is 2.34. The first-order chi connectivity index (χ1) is 11.1. The number of thioether (sulfide) groups is 1. The van der Waals surface area contributed by atoms with Crippen molar-refractivity contribution in [3.05, 3.63) is 64.7 Å². The summed E-state index contributed by atoms with van der Waals surface area (Å²) in [5.74, 6) is 0.518. The average Bonchev–Trinajstić information content (AvgIpc) is 3.05. The van der Waals surface area contributed by atoms with Gasteiger partial charge in [0.15, 0.2) is 0 Å². The zero-order valence-electron chi connectivity index (χ0n) is 12.2. The van der Waals surface area contributed by atoms with Crippen LogP contribution in [0.4, 0.5) is 0 Å². The molecule has 2 atom stereocenters. The molecule has 1 saturated heterocycles. The number of benzene rings is 2. The van der Waals surface area contributed by atoms with Crippen molar-refractivity contribution in [1.29, 1.82) is 0 Å². The molecule has 1 aliphatic heterocycles. The van der Waals surface area contributed by atoms with Crippen LogP contribution in [-0.2, 0) is 11.4 Å². The second kappa shape index (κ2) is 7.25. The maximum atomic E-state index is 11.0. The average molecular weight is 350 g/mol. The zero-order chi connectivity index (χ0) is 16.2. The van der Waals surface area contributed by atoms with Crippen molar-refractivity contribution in [1.82, 2.24) is 5.32 Å². The first kappa shape index (κ1) is 16.2. The number of carboxylic acid groups (broad SMARTS) is 1. The van der Waals surface area contributed by atoms with E-state index in [-0.39, 0.29) is 5.37 Å². The van der Waals surface area contributed by atoms with Crippen LogP contribution in [0.3, 0.4) is 0 Å². The van der Waals surface area contributed by atoms with E-state index in [4.69, 9.17) is 21.4 Å². The number of rotatable bonds is 5. The molecule has 1 aliphatic rings. The molecule has 0 bridgehead atoms. The Morgan fingerprint density at radius 3 is 2.78 bits per heavy atom. The summed E-state index contributed by atoms with van der Waals surface area (Å²) >= 11 is 7.46. The molecule has 0 amide bonds. The van der Waals surface area contributed by atoms with Crippen LogP contribution in [-0.4, -0.2) is 22.9 Å². The third kappa shape index (κ3) is 4.19. The lowest BCUT2D eigenvalue weighted by Gasteiger charge is -2.13. The van der Waals surface area contributed by atoms with Crippen LogP contribution in [0.2, 0.25) is 5.02 Å². The molecule has 0 spiro atoms. The Balaban J connectivity index is 1.63. The SMILES string of the molecule is O=C(O)[C@@H]1CS[C@H](c2cccc(OCc3ccc(Cl)cc3)c2)N1. The topological polar surface area (TPSA) is 58.6 Å². The van der Waals surface area contributed by atoms with Crippen molar-refractivity contribution >= 4 is 29.3 Å². The number of nitrogens with one attached hydrogen (secondary N) is 1. The highest BCUT2D eigenvalue weighted by molar-refractivity contribution is 7.99. The Morgan fingerprint density at radius 1 is 1.30 bits per heavy atom. The van der Waals surface area contributed by atoms with Gasteiger partial charge in [-0.05, 0) is 35.4 Å². The van der Waals surface area contributed by atoms with Gasteiger partial charge in [0.05, 0.1) is 5.37 Å². The van der Waals surface area contributed by atoms with Gasteiger partial charge in [0.1, 0.15) is 18.4 Å². The van der Waals surface area contributed by atoms with Gasteiger partial charge < -0.3 is 9.84 Å². The summed E-state index contributed by atoms with van der Waals surface area (Å²) in [6.07, 6.45) is 0. The van der Waals surface area contributed by atoms with E-state index >= 15 is 0 Å². The van der Waals surface area contributed by atoms with Crippen molar-refractivity contribution in [2.24, 2.45) is 0 Å². The Kier molecular flexibility index (Phi) is 5.10. The molecule has 0 radical (unpaired) electrons. The number of aliphatic carboxylic acids is 1. The summed E-state index contributed by atoms with van der Waals surface area (Å²) in [6, 6.07) is 14.8. The van der Waals surface area contributed by atoms with E-state index in [1.807, 2.05) is 48.5 Å². The van der Waals surface area contributed by atoms with Crippen LogP contribution in [0.15, 0.2) is 48.5 Å². The highest BCUT2D eigenvalue weighted by atomic mass is 35.5. The zero-order valence-corrected chi connectivity index (χ0v) is 13.8. The van der Waals surface area contributed by atoms with Crippen LogP contribution < -0.4 is 10.1 Å². The first-order valence-corrected chi connectivity index (χ1v) is 8.62. The monoisotopic (exact) mass is 349 g/mol. The lowest BCUT2D eigenvalue weighted by molar-refractivity contribution is -0.138. The molecule has 3 rings (SSSR count). The molecule has 23 heavy (non-hydrogen) atoms. The van der Waals surface area contributed by atoms with E-state index < -0.39 is 12.0 Å². The number of hydrogen-bond acceptors (Lipinski definition) is 4. The summed E-state index contributed by atoms with van der Waals surface area (Å²) in [5.41, 5.74) is 2.06. The van der Waals surface area contributed by atoms with Gasteiger partial charge in [-0.15, -0.1) is 11.8 Å². The quantitative estimate of drug-likeness (QED) is 0.861. The lowest BCUT2D eigenvalue weighted by Crippen LogP contribution is -2.33. The van der Waals surface area contributed by atoms with Crippen LogP contribution >= 0.6 is 23.4 Å². The standard InChI is InChI=1S/C17H16ClNO3S/c18-13-6-4-11(5-7-13)9-22-14-3-1-2-12(8-14)16-19-15(10-23-16)17(20)21/h1-8,15-16,19H,9-10H2,(H,20,21)/t15-,16+/m0/s1. The highest BCUT2D eigenvalue weighted by Gasteiger charge is 2.30. The van der Waals surface area contributed by atoms with Crippen molar-refractivity contribution < 1.29 is 14.6 Å². The van der Waals surface area contributed by atoms with Gasteiger partial charge in [-0.1, -0.05) is 35.9 Å². The Hall–Kier alpha value is -1.69. The van der Waals surface area contributed by atoms with Gasteiger partial charge in [-0.3, -0.25) is 10.1 Å². The van der Waals surface area contributed by atoms with E-state index in [0.29, 0.717) is 17.4 Å². The Labute approximate surface area is 143 Å². The molecule has 2 aromatic carbocycles. The fourth-order valence-electron chi connectivity index (χ4n) is 2.32. The molecule has 2 N–H and O–H groups in total. The van der Waals surface area contributed by atoms with Gasteiger partial charge in [0.2, 0.25) is 0 Å². The Morgan fingerprint density at radius 2 is 2.09 bits per heavy atom. The van der Waals surface area contributed by atoms with Crippen molar-refractivity contribution in [2.45, 2.75) is 18.0 Å². The molecule has 6 heteroatoms. The number of carbonyl (C=O) groups is 1. The van der Waals surface area contributed by atoms with E-state index in [0.717, 1.165) is 16.9 Å².